The zero-order chi connectivity index (χ0) is 12.8. The fourth-order valence-electron chi connectivity index (χ4n) is 1.43. The van der Waals surface area contributed by atoms with Gasteiger partial charge in [-0.2, -0.15) is 0 Å². The van der Waals surface area contributed by atoms with Crippen LogP contribution in [-0.4, -0.2) is 29.9 Å². The number of amides is 2. The van der Waals surface area contributed by atoms with Gasteiger partial charge in [0.25, 0.3) is 0 Å². The van der Waals surface area contributed by atoms with Crippen molar-refractivity contribution in [2.45, 2.75) is 20.8 Å². The molecule has 0 fully saturated rings. The first-order valence-corrected chi connectivity index (χ1v) is 5.49. The average Bonchev–Trinajstić information content (AvgIpc) is 2.25. The summed E-state index contributed by atoms with van der Waals surface area (Å²) in [6, 6.07) is 7.62. The lowest BCUT2D eigenvalue weighted by molar-refractivity contribution is -0.142. The maximum Gasteiger partial charge on any atom is 0.226 e. The van der Waals surface area contributed by atoms with Crippen LogP contribution >= 0.6 is 0 Å². The standard InChI is InChI=1S/C13H17NO3/c1-10-4-6-13(7-5-10)17-9-8-14(11(2)15)12(3)16/h4-7H,8-9H2,1-3H3. The Bertz CT molecular complexity index is 384. The number of carbonyl (C=O) groups excluding carboxylic acids is 2. The van der Waals surface area contributed by atoms with Crippen molar-refractivity contribution >= 4 is 11.8 Å². The van der Waals surface area contributed by atoms with Crippen LogP contribution in [0, 0.1) is 6.92 Å². The highest BCUT2D eigenvalue weighted by molar-refractivity contribution is 5.92. The van der Waals surface area contributed by atoms with Crippen molar-refractivity contribution < 1.29 is 14.3 Å². The molecule has 0 spiro atoms. The minimum Gasteiger partial charge on any atom is -0.492 e. The molecule has 0 aromatic heterocycles. The molecule has 0 unspecified atom stereocenters. The maximum absolute atomic E-state index is 11.1. The molecule has 0 saturated heterocycles. The summed E-state index contributed by atoms with van der Waals surface area (Å²) in [5.41, 5.74) is 1.16. The molecule has 0 heterocycles. The van der Waals surface area contributed by atoms with Crippen LogP contribution in [0.3, 0.4) is 0 Å². The van der Waals surface area contributed by atoms with E-state index in [1.54, 1.807) is 0 Å². The van der Waals surface area contributed by atoms with Crippen molar-refractivity contribution in [3.8, 4) is 5.75 Å². The van der Waals surface area contributed by atoms with Gasteiger partial charge in [0.15, 0.2) is 0 Å². The minimum atomic E-state index is -0.259. The molecule has 1 aromatic carbocycles. The number of hydrogen-bond donors (Lipinski definition) is 0. The number of imide groups is 1. The number of rotatable bonds is 4. The number of nitrogens with zero attached hydrogens (tertiary/aromatic N) is 1. The Morgan fingerprint density at radius 2 is 1.65 bits per heavy atom. The summed E-state index contributed by atoms with van der Waals surface area (Å²) < 4.78 is 5.45. The molecule has 0 atom stereocenters. The van der Waals surface area contributed by atoms with Crippen molar-refractivity contribution in [1.29, 1.82) is 0 Å². The molecule has 0 aliphatic carbocycles. The van der Waals surface area contributed by atoms with E-state index in [1.807, 2.05) is 31.2 Å². The Morgan fingerprint density at radius 3 is 2.12 bits per heavy atom. The molecule has 17 heavy (non-hydrogen) atoms. The Hall–Kier alpha value is -1.84. The van der Waals surface area contributed by atoms with Gasteiger partial charge in [-0.3, -0.25) is 14.5 Å². The van der Waals surface area contributed by atoms with Crippen molar-refractivity contribution in [2.24, 2.45) is 0 Å². The highest BCUT2D eigenvalue weighted by atomic mass is 16.5. The van der Waals surface area contributed by atoms with E-state index in [1.165, 1.54) is 13.8 Å². The van der Waals surface area contributed by atoms with Gasteiger partial charge in [-0.15, -0.1) is 0 Å². The lowest BCUT2D eigenvalue weighted by atomic mass is 10.2. The van der Waals surface area contributed by atoms with Gasteiger partial charge in [0.05, 0.1) is 6.54 Å². The molecular formula is C13H17NO3. The van der Waals surface area contributed by atoms with Crippen LogP contribution in [0.15, 0.2) is 24.3 Å². The Labute approximate surface area is 101 Å². The zero-order valence-corrected chi connectivity index (χ0v) is 10.4. The molecule has 0 N–H and O–H groups in total. The first-order chi connectivity index (χ1) is 8.00. The Kier molecular flexibility index (Phi) is 4.69. The largest absolute Gasteiger partial charge is 0.492 e. The summed E-state index contributed by atoms with van der Waals surface area (Å²) in [5, 5.41) is 0. The van der Waals surface area contributed by atoms with E-state index in [0.717, 1.165) is 16.2 Å². The lowest BCUT2D eigenvalue weighted by Crippen LogP contribution is -2.36. The highest BCUT2D eigenvalue weighted by Crippen LogP contribution is 2.11. The summed E-state index contributed by atoms with van der Waals surface area (Å²) >= 11 is 0. The molecule has 2 amide bonds. The van der Waals surface area contributed by atoms with Crippen LogP contribution in [-0.2, 0) is 9.59 Å². The van der Waals surface area contributed by atoms with Crippen LogP contribution in [0.5, 0.6) is 5.75 Å². The van der Waals surface area contributed by atoms with Crippen molar-refractivity contribution in [1.82, 2.24) is 4.90 Å². The Morgan fingerprint density at radius 1 is 1.12 bits per heavy atom. The number of hydrogen-bond acceptors (Lipinski definition) is 3. The number of benzene rings is 1. The topological polar surface area (TPSA) is 46.6 Å². The third-order valence-electron chi connectivity index (χ3n) is 2.36. The fraction of sp³-hybridized carbons (Fsp3) is 0.385. The van der Waals surface area contributed by atoms with E-state index in [-0.39, 0.29) is 18.4 Å². The van der Waals surface area contributed by atoms with Gasteiger partial charge in [0.2, 0.25) is 11.8 Å². The molecular weight excluding hydrogens is 218 g/mol. The summed E-state index contributed by atoms with van der Waals surface area (Å²) in [4.78, 5) is 23.4. The predicted molar refractivity (Wildman–Crippen MR) is 64.7 cm³/mol. The van der Waals surface area contributed by atoms with Gasteiger partial charge in [-0.25, -0.2) is 0 Å². The van der Waals surface area contributed by atoms with E-state index >= 15 is 0 Å². The van der Waals surface area contributed by atoms with E-state index < -0.39 is 0 Å². The second-order valence-electron chi connectivity index (χ2n) is 3.85. The van der Waals surface area contributed by atoms with E-state index in [2.05, 4.69) is 0 Å². The van der Waals surface area contributed by atoms with Crippen LogP contribution in [0.4, 0.5) is 0 Å². The van der Waals surface area contributed by atoms with Gasteiger partial charge in [0.1, 0.15) is 12.4 Å². The molecule has 0 radical (unpaired) electrons. The number of carbonyl (C=O) groups is 2. The van der Waals surface area contributed by atoms with Crippen LogP contribution in [0.2, 0.25) is 0 Å². The minimum absolute atomic E-state index is 0.259. The van der Waals surface area contributed by atoms with Crippen molar-refractivity contribution in [2.75, 3.05) is 13.2 Å². The summed E-state index contributed by atoms with van der Waals surface area (Å²) in [5.74, 6) is 0.220. The second-order valence-corrected chi connectivity index (χ2v) is 3.85. The molecule has 0 saturated carbocycles. The zero-order valence-electron chi connectivity index (χ0n) is 10.4. The van der Waals surface area contributed by atoms with Crippen molar-refractivity contribution in [3.63, 3.8) is 0 Å². The van der Waals surface area contributed by atoms with Gasteiger partial charge in [0, 0.05) is 13.8 Å². The predicted octanol–water partition coefficient (Wildman–Crippen LogP) is 1.77. The van der Waals surface area contributed by atoms with E-state index in [0.29, 0.717) is 6.61 Å². The fourth-order valence-corrected chi connectivity index (χ4v) is 1.43. The summed E-state index contributed by atoms with van der Waals surface area (Å²) in [6.07, 6.45) is 0. The lowest BCUT2D eigenvalue weighted by Gasteiger charge is -2.17. The monoisotopic (exact) mass is 235 g/mol. The molecule has 4 nitrogen and oxygen atoms in total. The van der Waals surface area contributed by atoms with Gasteiger partial charge >= 0.3 is 0 Å². The smallest absolute Gasteiger partial charge is 0.226 e. The first-order valence-electron chi connectivity index (χ1n) is 5.49. The van der Waals surface area contributed by atoms with Crippen LogP contribution < -0.4 is 4.74 Å². The van der Waals surface area contributed by atoms with Gasteiger partial charge in [-0.1, -0.05) is 17.7 Å². The van der Waals surface area contributed by atoms with Gasteiger partial charge in [-0.05, 0) is 19.1 Å². The molecule has 0 bridgehead atoms. The van der Waals surface area contributed by atoms with E-state index in [4.69, 9.17) is 4.74 Å². The van der Waals surface area contributed by atoms with Crippen LogP contribution in [0.1, 0.15) is 19.4 Å². The molecule has 1 aromatic rings. The quantitative estimate of drug-likeness (QED) is 0.799. The average molecular weight is 235 g/mol. The summed E-state index contributed by atoms with van der Waals surface area (Å²) in [6.45, 7) is 5.32. The normalized spacial score (nSPS) is 9.82. The third kappa shape index (κ3) is 4.26. The maximum atomic E-state index is 11.1. The molecule has 92 valence electrons. The third-order valence-corrected chi connectivity index (χ3v) is 2.36. The van der Waals surface area contributed by atoms with Crippen molar-refractivity contribution in [3.05, 3.63) is 29.8 Å². The van der Waals surface area contributed by atoms with Gasteiger partial charge < -0.3 is 4.74 Å². The SMILES string of the molecule is CC(=O)N(CCOc1ccc(C)cc1)C(C)=O. The summed E-state index contributed by atoms with van der Waals surface area (Å²) in [7, 11) is 0. The first kappa shape index (κ1) is 13.2. The highest BCUT2D eigenvalue weighted by Gasteiger charge is 2.12. The Balaban J connectivity index is 2.43. The number of ether oxygens (including phenoxy) is 1. The molecule has 0 aliphatic heterocycles. The molecule has 0 aliphatic rings. The molecule has 4 heteroatoms. The number of aryl methyl sites for hydroxylation is 1. The van der Waals surface area contributed by atoms with E-state index in [9.17, 15) is 9.59 Å². The molecule has 1 rings (SSSR count). The second kappa shape index (κ2) is 6.03. The van der Waals surface area contributed by atoms with Crippen LogP contribution in [0.25, 0.3) is 0 Å².